The molecule has 2 N–H and O–H groups in total. The fraction of sp³-hybridized carbons (Fsp3) is 0.417. The summed E-state index contributed by atoms with van der Waals surface area (Å²) in [6.07, 6.45) is 2.05. The number of carbonyl (C=O) groups is 2. The van der Waals surface area contributed by atoms with Gasteiger partial charge in [0, 0.05) is 11.2 Å². The molecule has 6 heteroatoms. The average Bonchev–Trinajstić information content (AvgIpc) is 2.34. The van der Waals surface area contributed by atoms with Gasteiger partial charge in [-0.1, -0.05) is 31.9 Å². The minimum atomic E-state index is -1.06. The van der Waals surface area contributed by atoms with E-state index < -0.39 is 17.9 Å². The summed E-state index contributed by atoms with van der Waals surface area (Å²) < 4.78 is 0. The number of carboxylic acid groups (broad SMARTS) is 1. The zero-order valence-corrected chi connectivity index (χ0v) is 10.9. The van der Waals surface area contributed by atoms with E-state index in [0.717, 1.165) is 0 Å². The summed E-state index contributed by atoms with van der Waals surface area (Å²) in [5.74, 6) is -1.75. The molecular formula is C12H15ClN2O3. The van der Waals surface area contributed by atoms with Gasteiger partial charge in [0.05, 0.1) is 0 Å². The molecule has 0 bridgehead atoms. The number of nitrogens with zero attached hydrogens (tertiary/aromatic N) is 1. The Labute approximate surface area is 110 Å². The monoisotopic (exact) mass is 270 g/mol. The van der Waals surface area contributed by atoms with Crippen LogP contribution in [0.4, 0.5) is 0 Å². The molecule has 1 rings (SSSR count). The molecule has 98 valence electrons. The van der Waals surface area contributed by atoms with Crippen LogP contribution in [0.15, 0.2) is 18.3 Å². The number of rotatable bonds is 5. The van der Waals surface area contributed by atoms with E-state index in [4.69, 9.17) is 16.7 Å². The molecule has 0 aliphatic rings. The van der Waals surface area contributed by atoms with Crippen molar-refractivity contribution in [1.82, 2.24) is 10.3 Å². The highest BCUT2D eigenvalue weighted by atomic mass is 35.5. The largest absolute Gasteiger partial charge is 0.480 e. The van der Waals surface area contributed by atoms with Gasteiger partial charge in [-0.15, -0.1) is 0 Å². The van der Waals surface area contributed by atoms with E-state index in [-0.39, 0.29) is 11.6 Å². The fourth-order valence-electron chi connectivity index (χ4n) is 1.43. The maximum absolute atomic E-state index is 11.8. The summed E-state index contributed by atoms with van der Waals surface area (Å²) in [7, 11) is 0. The first-order valence-corrected chi connectivity index (χ1v) is 5.98. The van der Waals surface area contributed by atoms with Crippen LogP contribution in [-0.4, -0.2) is 28.0 Å². The van der Waals surface area contributed by atoms with Crippen LogP contribution in [0.25, 0.3) is 0 Å². The molecule has 0 saturated heterocycles. The number of carbonyl (C=O) groups excluding carboxylic acids is 1. The second-order valence-corrected chi connectivity index (χ2v) is 4.47. The molecule has 0 aliphatic heterocycles. The Morgan fingerprint density at radius 2 is 2.22 bits per heavy atom. The third-order valence-corrected chi connectivity index (χ3v) is 2.96. The van der Waals surface area contributed by atoms with E-state index in [1.54, 1.807) is 13.0 Å². The molecule has 0 aromatic carbocycles. The second kappa shape index (κ2) is 6.35. The minimum Gasteiger partial charge on any atom is -0.480 e. The lowest BCUT2D eigenvalue weighted by Gasteiger charge is -2.19. The maximum Gasteiger partial charge on any atom is 0.326 e. The third-order valence-electron chi connectivity index (χ3n) is 2.72. The molecule has 1 aromatic rings. The van der Waals surface area contributed by atoms with Gasteiger partial charge in [-0.25, -0.2) is 4.79 Å². The summed E-state index contributed by atoms with van der Waals surface area (Å²) in [4.78, 5) is 26.8. The molecule has 2 atom stereocenters. The highest BCUT2D eigenvalue weighted by Crippen LogP contribution is 2.11. The SMILES string of the molecule is CC[C@H](C)[C@H](NC(=O)c1cc(Cl)ccn1)C(=O)O. The van der Waals surface area contributed by atoms with Gasteiger partial charge in [0.2, 0.25) is 0 Å². The van der Waals surface area contributed by atoms with Crippen molar-refractivity contribution in [3.8, 4) is 0 Å². The van der Waals surface area contributed by atoms with Crippen molar-refractivity contribution in [3.63, 3.8) is 0 Å². The third kappa shape index (κ3) is 3.70. The van der Waals surface area contributed by atoms with Crippen LogP contribution in [0.3, 0.4) is 0 Å². The smallest absolute Gasteiger partial charge is 0.326 e. The average molecular weight is 271 g/mol. The number of carboxylic acids is 1. The quantitative estimate of drug-likeness (QED) is 0.857. The van der Waals surface area contributed by atoms with Crippen molar-refractivity contribution < 1.29 is 14.7 Å². The summed E-state index contributed by atoms with van der Waals surface area (Å²) in [6, 6.07) is 2.01. The lowest BCUT2D eigenvalue weighted by molar-refractivity contribution is -0.140. The van der Waals surface area contributed by atoms with Crippen molar-refractivity contribution in [3.05, 3.63) is 29.0 Å². The number of hydrogen-bond donors (Lipinski definition) is 2. The molecule has 0 saturated carbocycles. The number of aromatic nitrogens is 1. The van der Waals surface area contributed by atoms with Gasteiger partial charge in [-0.2, -0.15) is 0 Å². The first-order chi connectivity index (χ1) is 8.45. The van der Waals surface area contributed by atoms with Crippen molar-refractivity contribution in [2.45, 2.75) is 26.3 Å². The predicted octanol–water partition coefficient (Wildman–Crippen LogP) is 1.96. The number of amides is 1. The number of pyridine rings is 1. The zero-order valence-electron chi connectivity index (χ0n) is 10.2. The standard InChI is InChI=1S/C12H15ClN2O3/c1-3-7(2)10(12(17)18)15-11(16)9-6-8(13)4-5-14-9/h4-7,10H,3H2,1-2H3,(H,15,16)(H,17,18)/t7-,10-/m0/s1. The number of nitrogens with one attached hydrogen (secondary N) is 1. The first-order valence-electron chi connectivity index (χ1n) is 5.61. The predicted molar refractivity (Wildman–Crippen MR) is 67.6 cm³/mol. The van der Waals surface area contributed by atoms with Crippen molar-refractivity contribution >= 4 is 23.5 Å². The van der Waals surface area contributed by atoms with E-state index in [1.165, 1.54) is 12.3 Å². The molecule has 0 fully saturated rings. The summed E-state index contributed by atoms with van der Waals surface area (Å²) >= 11 is 5.74. The maximum atomic E-state index is 11.8. The van der Waals surface area contributed by atoms with E-state index in [1.807, 2.05) is 6.92 Å². The second-order valence-electron chi connectivity index (χ2n) is 4.03. The van der Waals surface area contributed by atoms with E-state index in [0.29, 0.717) is 11.4 Å². The number of hydrogen-bond acceptors (Lipinski definition) is 3. The molecule has 5 nitrogen and oxygen atoms in total. The van der Waals surface area contributed by atoms with Gasteiger partial charge in [0.1, 0.15) is 11.7 Å². The zero-order chi connectivity index (χ0) is 13.7. The Balaban J connectivity index is 2.82. The molecule has 1 aromatic heterocycles. The fourth-order valence-corrected chi connectivity index (χ4v) is 1.59. The van der Waals surface area contributed by atoms with Crippen LogP contribution in [-0.2, 0) is 4.79 Å². The lowest BCUT2D eigenvalue weighted by atomic mass is 9.99. The Morgan fingerprint density at radius 3 is 2.72 bits per heavy atom. The van der Waals surface area contributed by atoms with Crippen molar-refractivity contribution in [1.29, 1.82) is 0 Å². The summed E-state index contributed by atoms with van der Waals surface area (Å²) in [6.45, 7) is 3.63. The Kier molecular flexibility index (Phi) is 5.09. The molecule has 18 heavy (non-hydrogen) atoms. The number of aliphatic carboxylic acids is 1. The molecule has 0 spiro atoms. The summed E-state index contributed by atoms with van der Waals surface area (Å²) in [5, 5.41) is 11.9. The van der Waals surface area contributed by atoms with Gasteiger partial charge >= 0.3 is 5.97 Å². The van der Waals surface area contributed by atoms with E-state index in [9.17, 15) is 9.59 Å². The molecule has 0 unspecified atom stereocenters. The minimum absolute atomic E-state index is 0.108. The highest BCUT2D eigenvalue weighted by molar-refractivity contribution is 6.30. The molecule has 1 heterocycles. The van der Waals surface area contributed by atoms with Crippen LogP contribution in [0.2, 0.25) is 5.02 Å². The lowest BCUT2D eigenvalue weighted by Crippen LogP contribution is -2.45. The Bertz CT molecular complexity index is 451. The Morgan fingerprint density at radius 1 is 1.56 bits per heavy atom. The van der Waals surface area contributed by atoms with Crippen molar-refractivity contribution in [2.24, 2.45) is 5.92 Å². The van der Waals surface area contributed by atoms with Gasteiger partial charge in [0.25, 0.3) is 5.91 Å². The Hall–Kier alpha value is -1.62. The van der Waals surface area contributed by atoms with Crippen LogP contribution in [0.5, 0.6) is 0 Å². The molecule has 1 amide bonds. The van der Waals surface area contributed by atoms with Crippen LogP contribution >= 0.6 is 11.6 Å². The molecular weight excluding hydrogens is 256 g/mol. The summed E-state index contributed by atoms with van der Waals surface area (Å²) in [5.41, 5.74) is 0.108. The van der Waals surface area contributed by atoms with Crippen LogP contribution < -0.4 is 5.32 Å². The first kappa shape index (κ1) is 14.4. The van der Waals surface area contributed by atoms with E-state index >= 15 is 0 Å². The van der Waals surface area contributed by atoms with Gasteiger partial charge in [-0.05, 0) is 18.1 Å². The van der Waals surface area contributed by atoms with Crippen LogP contribution in [0.1, 0.15) is 30.8 Å². The van der Waals surface area contributed by atoms with Gasteiger partial charge < -0.3 is 10.4 Å². The molecule has 0 aliphatic carbocycles. The van der Waals surface area contributed by atoms with Gasteiger partial charge in [-0.3, -0.25) is 9.78 Å². The molecule has 0 radical (unpaired) electrons. The van der Waals surface area contributed by atoms with E-state index in [2.05, 4.69) is 10.3 Å². The van der Waals surface area contributed by atoms with Gasteiger partial charge in [0.15, 0.2) is 0 Å². The number of halogens is 1. The highest BCUT2D eigenvalue weighted by Gasteiger charge is 2.26. The van der Waals surface area contributed by atoms with Crippen molar-refractivity contribution in [2.75, 3.05) is 0 Å². The van der Waals surface area contributed by atoms with Crippen LogP contribution in [0, 0.1) is 5.92 Å². The normalized spacial score (nSPS) is 13.7. The topological polar surface area (TPSA) is 79.3 Å².